The molecule has 0 bridgehead atoms. The number of anilines is 1. The maximum Gasteiger partial charge on any atom is 0.269 e. The van der Waals surface area contributed by atoms with Crippen molar-refractivity contribution < 1.29 is 9.26 Å². The van der Waals surface area contributed by atoms with Crippen LogP contribution in [0.3, 0.4) is 0 Å². The van der Waals surface area contributed by atoms with E-state index in [9.17, 15) is 4.79 Å². The van der Waals surface area contributed by atoms with Crippen molar-refractivity contribution >= 4 is 5.69 Å². The van der Waals surface area contributed by atoms with Gasteiger partial charge >= 0.3 is 0 Å². The lowest BCUT2D eigenvalue weighted by Crippen LogP contribution is -2.53. The van der Waals surface area contributed by atoms with Crippen molar-refractivity contribution in [3.05, 3.63) is 58.0 Å². The molecule has 0 aromatic carbocycles. The summed E-state index contributed by atoms with van der Waals surface area (Å²) >= 11 is 0. The first-order valence-electron chi connectivity index (χ1n) is 9.76. The fourth-order valence-corrected chi connectivity index (χ4v) is 3.40. The molecule has 1 saturated heterocycles. The number of rotatable bonds is 6. The van der Waals surface area contributed by atoms with Crippen molar-refractivity contribution in [2.24, 2.45) is 0 Å². The Kier molecular flexibility index (Phi) is 5.19. The molecule has 0 aliphatic carbocycles. The molecule has 1 aliphatic heterocycles. The molecule has 8 nitrogen and oxygen atoms in total. The zero-order chi connectivity index (χ0) is 20.5. The third-order valence-electron chi connectivity index (χ3n) is 5.01. The van der Waals surface area contributed by atoms with Gasteiger partial charge in [-0.1, -0.05) is 5.16 Å². The smallest absolute Gasteiger partial charge is 0.269 e. The molecule has 0 amide bonds. The second kappa shape index (κ2) is 7.79. The lowest BCUT2D eigenvalue weighted by molar-refractivity contribution is -0.00723. The van der Waals surface area contributed by atoms with Crippen molar-refractivity contribution in [1.82, 2.24) is 19.9 Å². The van der Waals surface area contributed by atoms with Crippen LogP contribution in [0.4, 0.5) is 5.69 Å². The van der Waals surface area contributed by atoms with Gasteiger partial charge in [0.05, 0.1) is 30.6 Å². The van der Waals surface area contributed by atoms with E-state index in [0.717, 1.165) is 35.6 Å². The van der Waals surface area contributed by atoms with Gasteiger partial charge in [0.2, 0.25) is 0 Å². The summed E-state index contributed by atoms with van der Waals surface area (Å²) in [5.74, 6) is 0.662. The van der Waals surface area contributed by atoms with E-state index in [1.165, 1.54) is 4.68 Å². The van der Waals surface area contributed by atoms with Gasteiger partial charge < -0.3 is 14.2 Å². The molecule has 3 aromatic rings. The van der Waals surface area contributed by atoms with E-state index < -0.39 is 0 Å². The standard InChI is InChI=1S/C21H25N5O3/c1-13(2)28-18-10-25(11-18)17-7-20(27)26(23-9-17)12-19-15(4)29-24-21(19)16-6-5-14(3)22-8-16/h5-9,13,18H,10-12H2,1-4H3. The molecule has 0 saturated carbocycles. The highest BCUT2D eigenvalue weighted by atomic mass is 16.5. The third kappa shape index (κ3) is 4.07. The van der Waals surface area contributed by atoms with Crippen molar-refractivity contribution in [2.45, 2.75) is 46.4 Å². The summed E-state index contributed by atoms with van der Waals surface area (Å²) in [6, 6.07) is 5.49. The molecule has 0 radical (unpaired) electrons. The van der Waals surface area contributed by atoms with E-state index in [0.29, 0.717) is 11.5 Å². The van der Waals surface area contributed by atoms with Crippen molar-refractivity contribution in [1.29, 1.82) is 0 Å². The first kappa shape index (κ1) is 19.3. The molecule has 0 atom stereocenters. The molecular weight excluding hydrogens is 370 g/mol. The summed E-state index contributed by atoms with van der Waals surface area (Å²) in [7, 11) is 0. The molecule has 4 heterocycles. The Morgan fingerprint density at radius 3 is 2.69 bits per heavy atom. The van der Waals surface area contributed by atoms with Crippen LogP contribution < -0.4 is 10.5 Å². The van der Waals surface area contributed by atoms with E-state index in [4.69, 9.17) is 9.26 Å². The SMILES string of the molecule is Cc1ccc(-c2noc(C)c2Cn2ncc(N3CC(OC(C)C)C3)cc2=O)cn1. The number of hydrogen-bond acceptors (Lipinski definition) is 7. The molecule has 0 spiro atoms. The third-order valence-corrected chi connectivity index (χ3v) is 5.01. The molecular formula is C21H25N5O3. The number of hydrogen-bond donors (Lipinski definition) is 0. The summed E-state index contributed by atoms with van der Waals surface area (Å²) in [5, 5.41) is 8.53. The fourth-order valence-electron chi connectivity index (χ4n) is 3.40. The van der Waals surface area contributed by atoms with Crippen molar-refractivity contribution in [2.75, 3.05) is 18.0 Å². The van der Waals surface area contributed by atoms with Crippen LogP contribution in [0.25, 0.3) is 11.3 Å². The highest BCUT2D eigenvalue weighted by Crippen LogP contribution is 2.26. The van der Waals surface area contributed by atoms with Crippen LogP contribution in [0.2, 0.25) is 0 Å². The number of aryl methyl sites for hydroxylation is 2. The van der Waals surface area contributed by atoms with Gasteiger partial charge in [0.15, 0.2) is 0 Å². The summed E-state index contributed by atoms with van der Waals surface area (Å²) < 4.78 is 12.6. The van der Waals surface area contributed by atoms with Gasteiger partial charge in [0.25, 0.3) is 5.56 Å². The molecule has 8 heteroatoms. The van der Waals surface area contributed by atoms with Crippen LogP contribution in [0.1, 0.15) is 30.9 Å². The van der Waals surface area contributed by atoms with Crippen molar-refractivity contribution in [3.8, 4) is 11.3 Å². The van der Waals surface area contributed by atoms with Gasteiger partial charge in [-0.05, 0) is 39.8 Å². The van der Waals surface area contributed by atoms with E-state index >= 15 is 0 Å². The number of nitrogens with zero attached hydrogens (tertiary/aromatic N) is 5. The van der Waals surface area contributed by atoms with Gasteiger partial charge in [-0.3, -0.25) is 9.78 Å². The normalized spacial score (nSPS) is 14.4. The summed E-state index contributed by atoms with van der Waals surface area (Å²) in [4.78, 5) is 19.1. The zero-order valence-corrected chi connectivity index (χ0v) is 17.1. The molecule has 1 aliphatic rings. The minimum atomic E-state index is -0.163. The Labute approximate surface area is 169 Å². The largest absolute Gasteiger partial charge is 0.372 e. The maximum absolute atomic E-state index is 12.7. The first-order valence-corrected chi connectivity index (χ1v) is 9.76. The average Bonchev–Trinajstić information content (AvgIpc) is 3.01. The van der Waals surface area contributed by atoms with Crippen LogP contribution in [-0.2, 0) is 11.3 Å². The quantitative estimate of drug-likeness (QED) is 0.634. The van der Waals surface area contributed by atoms with Crippen LogP contribution in [0, 0.1) is 13.8 Å². The predicted octanol–water partition coefficient (Wildman–Crippen LogP) is 2.57. The predicted molar refractivity (Wildman–Crippen MR) is 109 cm³/mol. The van der Waals surface area contributed by atoms with Crippen molar-refractivity contribution in [3.63, 3.8) is 0 Å². The summed E-state index contributed by atoms with van der Waals surface area (Å²) in [6.07, 6.45) is 3.90. The molecule has 4 rings (SSSR count). The van der Waals surface area contributed by atoms with Crippen LogP contribution in [-0.4, -0.2) is 45.2 Å². The minimum Gasteiger partial charge on any atom is -0.372 e. The Hall–Kier alpha value is -3.00. The highest BCUT2D eigenvalue weighted by Gasteiger charge is 2.29. The highest BCUT2D eigenvalue weighted by molar-refractivity contribution is 5.62. The Morgan fingerprint density at radius 1 is 1.24 bits per heavy atom. The second-order valence-electron chi connectivity index (χ2n) is 7.68. The van der Waals surface area contributed by atoms with Gasteiger partial charge in [-0.2, -0.15) is 5.10 Å². The molecule has 3 aromatic heterocycles. The van der Waals surface area contributed by atoms with Gasteiger partial charge in [0.1, 0.15) is 11.5 Å². The number of pyridine rings is 1. The van der Waals surface area contributed by atoms with E-state index in [2.05, 4.69) is 20.1 Å². The summed E-state index contributed by atoms with van der Waals surface area (Å²) in [5.41, 5.74) is 3.95. The first-order chi connectivity index (χ1) is 13.9. The van der Waals surface area contributed by atoms with E-state index in [1.54, 1.807) is 18.5 Å². The molecule has 0 unspecified atom stereocenters. The second-order valence-corrected chi connectivity index (χ2v) is 7.68. The van der Waals surface area contributed by atoms with Crippen LogP contribution >= 0.6 is 0 Å². The van der Waals surface area contributed by atoms with Crippen LogP contribution in [0.5, 0.6) is 0 Å². The Balaban J connectivity index is 1.52. The topological polar surface area (TPSA) is 86.3 Å². The monoisotopic (exact) mass is 395 g/mol. The maximum atomic E-state index is 12.7. The summed E-state index contributed by atoms with van der Waals surface area (Å²) in [6.45, 7) is 9.66. The lowest BCUT2D eigenvalue weighted by Gasteiger charge is -2.41. The molecule has 1 fully saturated rings. The van der Waals surface area contributed by atoms with E-state index in [1.807, 2.05) is 39.8 Å². The molecule has 152 valence electrons. The Bertz CT molecular complexity index is 1050. The van der Waals surface area contributed by atoms with Gasteiger partial charge in [-0.15, -0.1) is 0 Å². The fraction of sp³-hybridized carbons (Fsp3) is 0.429. The minimum absolute atomic E-state index is 0.163. The van der Waals surface area contributed by atoms with Gasteiger partial charge in [0, 0.05) is 42.2 Å². The average molecular weight is 395 g/mol. The lowest BCUT2D eigenvalue weighted by atomic mass is 10.1. The zero-order valence-electron chi connectivity index (χ0n) is 17.1. The molecule has 29 heavy (non-hydrogen) atoms. The molecule has 0 N–H and O–H groups in total. The van der Waals surface area contributed by atoms with Gasteiger partial charge in [-0.25, -0.2) is 4.68 Å². The number of aromatic nitrogens is 4. The van der Waals surface area contributed by atoms with Crippen LogP contribution in [0.15, 0.2) is 39.9 Å². The Morgan fingerprint density at radius 2 is 2.03 bits per heavy atom. The number of ether oxygens (including phenoxy) is 1. The van der Waals surface area contributed by atoms with E-state index in [-0.39, 0.29) is 24.3 Å².